The van der Waals surface area contributed by atoms with Gasteiger partial charge in [0.15, 0.2) is 0 Å². The molecule has 2 rings (SSSR count). The van der Waals surface area contributed by atoms with Crippen LogP contribution in [-0.2, 0) is 0 Å². The fourth-order valence-corrected chi connectivity index (χ4v) is 2.57. The molecular formula is C14H18N2O4. The predicted octanol–water partition coefficient (Wildman–Crippen LogP) is 2.92. The quantitative estimate of drug-likeness (QED) is 0.678. The minimum absolute atomic E-state index is 0.262. The van der Waals surface area contributed by atoms with Crippen molar-refractivity contribution in [3.8, 4) is 0 Å². The van der Waals surface area contributed by atoms with Crippen molar-refractivity contribution in [2.24, 2.45) is 5.92 Å². The first-order valence-electron chi connectivity index (χ1n) is 6.75. The Morgan fingerprint density at radius 3 is 2.80 bits per heavy atom. The van der Waals surface area contributed by atoms with Crippen LogP contribution in [0.15, 0.2) is 18.2 Å². The van der Waals surface area contributed by atoms with E-state index in [0.717, 1.165) is 38.0 Å². The number of nitro benzene ring substituents is 1. The van der Waals surface area contributed by atoms with Gasteiger partial charge in [-0.3, -0.25) is 10.1 Å². The largest absolute Gasteiger partial charge is 0.477 e. The molecule has 6 heteroatoms. The van der Waals surface area contributed by atoms with E-state index >= 15 is 0 Å². The number of carboxylic acids is 1. The molecule has 1 saturated heterocycles. The molecule has 1 aromatic rings. The number of anilines is 1. The summed E-state index contributed by atoms with van der Waals surface area (Å²) in [6, 6.07) is 4.36. The van der Waals surface area contributed by atoms with E-state index in [2.05, 4.69) is 11.8 Å². The topological polar surface area (TPSA) is 83.7 Å². The van der Waals surface area contributed by atoms with Crippen LogP contribution in [0.4, 0.5) is 11.4 Å². The van der Waals surface area contributed by atoms with Gasteiger partial charge in [-0.05, 0) is 37.3 Å². The molecule has 108 valence electrons. The highest BCUT2D eigenvalue weighted by Gasteiger charge is 2.22. The Morgan fingerprint density at radius 2 is 2.15 bits per heavy atom. The Kier molecular flexibility index (Phi) is 4.22. The van der Waals surface area contributed by atoms with Gasteiger partial charge < -0.3 is 10.0 Å². The van der Waals surface area contributed by atoms with Gasteiger partial charge in [0.2, 0.25) is 0 Å². The minimum Gasteiger partial charge on any atom is -0.477 e. The summed E-state index contributed by atoms with van der Waals surface area (Å²) >= 11 is 0. The highest BCUT2D eigenvalue weighted by atomic mass is 16.6. The van der Waals surface area contributed by atoms with Crippen molar-refractivity contribution < 1.29 is 14.8 Å². The number of hydrogen-bond acceptors (Lipinski definition) is 4. The normalized spacial score (nSPS) is 19.4. The molecule has 1 N–H and O–H groups in total. The molecule has 1 fully saturated rings. The lowest BCUT2D eigenvalue weighted by Gasteiger charge is -2.22. The summed E-state index contributed by atoms with van der Waals surface area (Å²) in [5.74, 6) is -0.610. The van der Waals surface area contributed by atoms with Gasteiger partial charge in [-0.15, -0.1) is 0 Å². The average Bonchev–Trinajstić information content (AvgIpc) is 2.62. The maximum absolute atomic E-state index is 11.0. The smallest absolute Gasteiger partial charge is 0.342 e. The first kappa shape index (κ1) is 14.3. The highest BCUT2D eigenvalue weighted by Crippen LogP contribution is 2.28. The van der Waals surface area contributed by atoms with Crippen LogP contribution in [0.2, 0.25) is 0 Å². The van der Waals surface area contributed by atoms with Crippen LogP contribution in [0, 0.1) is 16.0 Å². The van der Waals surface area contributed by atoms with E-state index in [4.69, 9.17) is 5.11 Å². The van der Waals surface area contributed by atoms with E-state index in [1.807, 2.05) is 0 Å². The van der Waals surface area contributed by atoms with Crippen LogP contribution in [0.3, 0.4) is 0 Å². The van der Waals surface area contributed by atoms with Gasteiger partial charge in [-0.25, -0.2) is 4.79 Å². The lowest BCUT2D eigenvalue weighted by Crippen LogP contribution is -2.24. The molecule has 20 heavy (non-hydrogen) atoms. The first-order chi connectivity index (χ1) is 9.49. The summed E-state index contributed by atoms with van der Waals surface area (Å²) in [7, 11) is 0. The summed E-state index contributed by atoms with van der Waals surface area (Å²) in [5, 5.41) is 20.0. The lowest BCUT2D eigenvalue weighted by molar-refractivity contribution is -0.385. The van der Waals surface area contributed by atoms with Crippen LogP contribution in [0.5, 0.6) is 0 Å². The van der Waals surface area contributed by atoms with Gasteiger partial charge in [0.05, 0.1) is 4.92 Å². The van der Waals surface area contributed by atoms with Crippen molar-refractivity contribution in [1.82, 2.24) is 0 Å². The Balaban J connectivity index is 2.31. The molecule has 1 aromatic carbocycles. The molecule has 1 unspecified atom stereocenters. The van der Waals surface area contributed by atoms with Gasteiger partial charge in [-0.1, -0.05) is 6.92 Å². The summed E-state index contributed by atoms with van der Waals surface area (Å²) in [6.45, 7) is 3.91. The third-order valence-corrected chi connectivity index (χ3v) is 3.79. The SMILES string of the molecule is CC1CCCN(c2ccc(C(=O)O)c([N+](=O)[O-])c2)CC1. The number of aromatic carboxylic acids is 1. The number of nitro groups is 1. The van der Waals surface area contributed by atoms with Crippen LogP contribution in [0.25, 0.3) is 0 Å². The van der Waals surface area contributed by atoms with Crippen LogP contribution >= 0.6 is 0 Å². The van der Waals surface area contributed by atoms with Gasteiger partial charge in [0.25, 0.3) is 5.69 Å². The van der Waals surface area contributed by atoms with Crippen molar-refractivity contribution in [3.05, 3.63) is 33.9 Å². The fourth-order valence-electron chi connectivity index (χ4n) is 2.57. The first-order valence-corrected chi connectivity index (χ1v) is 6.75. The molecule has 0 bridgehead atoms. The molecule has 1 aliphatic heterocycles. The number of rotatable bonds is 3. The number of carboxylic acid groups (broad SMARTS) is 1. The number of carbonyl (C=O) groups is 1. The van der Waals surface area contributed by atoms with Gasteiger partial charge in [0.1, 0.15) is 5.56 Å². The van der Waals surface area contributed by atoms with E-state index in [0.29, 0.717) is 5.92 Å². The Bertz CT molecular complexity index is 530. The van der Waals surface area contributed by atoms with Crippen LogP contribution in [-0.4, -0.2) is 29.1 Å². The van der Waals surface area contributed by atoms with Crippen molar-refractivity contribution >= 4 is 17.3 Å². The van der Waals surface area contributed by atoms with Crippen molar-refractivity contribution in [2.75, 3.05) is 18.0 Å². The van der Waals surface area contributed by atoms with E-state index in [9.17, 15) is 14.9 Å². The molecule has 0 amide bonds. The highest BCUT2D eigenvalue weighted by molar-refractivity contribution is 5.93. The maximum atomic E-state index is 11.0. The van der Waals surface area contributed by atoms with Gasteiger partial charge in [0, 0.05) is 24.8 Å². The second-order valence-corrected chi connectivity index (χ2v) is 5.29. The number of hydrogen-bond donors (Lipinski definition) is 1. The lowest BCUT2D eigenvalue weighted by atomic mass is 10.0. The van der Waals surface area contributed by atoms with E-state index in [1.54, 1.807) is 6.07 Å². The average molecular weight is 278 g/mol. The number of benzene rings is 1. The molecule has 0 spiro atoms. The monoisotopic (exact) mass is 278 g/mol. The Labute approximate surface area is 117 Å². The molecular weight excluding hydrogens is 260 g/mol. The van der Waals surface area contributed by atoms with Crippen LogP contribution in [0.1, 0.15) is 36.5 Å². The van der Waals surface area contributed by atoms with E-state index in [-0.39, 0.29) is 11.3 Å². The van der Waals surface area contributed by atoms with E-state index in [1.165, 1.54) is 12.1 Å². The zero-order valence-electron chi connectivity index (χ0n) is 11.4. The van der Waals surface area contributed by atoms with Gasteiger partial charge in [-0.2, -0.15) is 0 Å². The van der Waals surface area contributed by atoms with Crippen molar-refractivity contribution in [1.29, 1.82) is 0 Å². The number of nitrogens with zero attached hydrogens (tertiary/aromatic N) is 2. The molecule has 0 aliphatic carbocycles. The van der Waals surface area contributed by atoms with Gasteiger partial charge >= 0.3 is 5.97 Å². The summed E-state index contributed by atoms with van der Waals surface area (Å²) in [6.07, 6.45) is 3.26. The fraction of sp³-hybridized carbons (Fsp3) is 0.500. The molecule has 1 heterocycles. The predicted molar refractivity (Wildman–Crippen MR) is 75.3 cm³/mol. The summed E-state index contributed by atoms with van der Waals surface area (Å²) < 4.78 is 0. The summed E-state index contributed by atoms with van der Waals surface area (Å²) in [4.78, 5) is 23.5. The minimum atomic E-state index is -1.27. The standard InChI is InChI=1S/C14H18N2O4/c1-10-3-2-7-15(8-6-10)11-4-5-12(14(17)18)13(9-11)16(19)20/h4-5,9-10H,2-3,6-8H2,1H3,(H,17,18). The Hall–Kier alpha value is -2.11. The molecule has 0 saturated carbocycles. The molecule has 0 aromatic heterocycles. The van der Waals surface area contributed by atoms with Crippen LogP contribution < -0.4 is 4.90 Å². The summed E-state index contributed by atoms with van der Waals surface area (Å²) in [5.41, 5.74) is 0.130. The molecule has 1 atom stereocenters. The molecule has 0 radical (unpaired) electrons. The second-order valence-electron chi connectivity index (χ2n) is 5.29. The van der Waals surface area contributed by atoms with Crippen molar-refractivity contribution in [2.45, 2.75) is 26.2 Å². The Morgan fingerprint density at radius 1 is 1.40 bits per heavy atom. The zero-order chi connectivity index (χ0) is 14.7. The molecule has 6 nitrogen and oxygen atoms in total. The third kappa shape index (κ3) is 3.07. The van der Waals surface area contributed by atoms with E-state index < -0.39 is 10.9 Å². The van der Waals surface area contributed by atoms with Crippen molar-refractivity contribution in [3.63, 3.8) is 0 Å². The maximum Gasteiger partial charge on any atom is 0.342 e. The second kappa shape index (κ2) is 5.90. The molecule has 1 aliphatic rings. The third-order valence-electron chi connectivity index (χ3n) is 3.79. The zero-order valence-corrected chi connectivity index (χ0v) is 11.4.